The van der Waals surface area contributed by atoms with E-state index in [0.717, 1.165) is 5.56 Å². The molecule has 0 amide bonds. The number of imidazole rings is 1. The van der Waals surface area contributed by atoms with Crippen molar-refractivity contribution in [2.45, 2.75) is 11.4 Å². The molecular weight excluding hydrogens is 334 g/mol. The zero-order chi connectivity index (χ0) is 16.0. The summed E-state index contributed by atoms with van der Waals surface area (Å²) in [7, 11) is -3.78. The van der Waals surface area contributed by atoms with Crippen LogP contribution in [-0.2, 0) is 16.4 Å². The average Bonchev–Trinajstić information content (AvgIpc) is 3.20. The van der Waals surface area contributed by atoms with Crippen molar-refractivity contribution in [3.8, 4) is 0 Å². The minimum Gasteiger partial charge on any atom is -0.330 e. The summed E-state index contributed by atoms with van der Waals surface area (Å²) in [6, 6.07) is 3.45. The lowest BCUT2D eigenvalue weighted by Crippen LogP contribution is -2.12. The number of rotatable bonds is 4. The molecule has 0 aliphatic heterocycles. The smallest absolute Gasteiger partial charge is 0.287 e. The maximum absolute atomic E-state index is 13.0. The number of nitrogens with two attached hydrogens (primary N) is 1. The Morgan fingerprint density at radius 2 is 2.17 bits per heavy atom. The van der Waals surface area contributed by atoms with Gasteiger partial charge in [-0.15, -0.1) is 11.3 Å². The van der Waals surface area contributed by atoms with E-state index < -0.39 is 10.0 Å². The molecule has 0 aromatic carbocycles. The lowest BCUT2D eigenvalue weighted by molar-refractivity contribution is 0.586. The predicted molar refractivity (Wildman–Crippen MR) is 88.1 cm³/mol. The first-order chi connectivity index (χ1) is 11.1. The number of aromatic nitrogens is 4. The van der Waals surface area contributed by atoms with Crippen molar-refractivity contribution in [2.24, 2.45) is 5.73 Å². The third kappa shape index (κ3) is 2.16. The van der Waals surface area contributed by atoms with Crippen molar-refractivity contribution in [2.75, 3.05) is 6.54 Å². The molecule has 0 radical (unpaired) electrons. The number of pyridine rings is 1. The highest BCUT2D eigenvalue weighted by molar-refractivity contribution is 7.90. The summed E-state index contributed by atoms with van der Waals surface area (Å²) in [4.78, 5) is 9.15. The fourth-order valence-corrected chi connectivity index (χ4v) is 4.64. The maximum atomic E-state index is 13.0. The van der Waals surface area contributed by atoms with E-state index in [0.29, 0.717) is 29.0 Å². The Balaban J connectivity index is 1.95. The molecule has 0 saturated carbocycles. The Labute approximate surface area is 136 Å². The highest BCUT2D eigenvalue weighted by atomic mass is 32.2. The summed E-state index contributed by atoms with van der Waals surface area (Å²) in [6.07, 6.45) is 7.10. The van der Waals surface area contributed by atoms with Crippen LogP contribution < -0.4 is 5.73 Å². The fraction of sp³-hybridized carbons (Fsp3) is 0.143. The van der Waals surface area contributed by atoms with Gasteiger partial charge in [-0.3, -0.25) is 9.38 Å². The Kier molecular flexibility index (Phi) is 3.22. The van der Waals surface area contributed by atoms with Crippen LogP contribution in [0.1, 0.15) is 5.56 Å². The third-order valence-corrected chi connectivity index (χ3v) is 5.93. The molecule has 0 spiro atoms. The van der Waals surface area contributed by atoms with Gasteiger partial charge in [0.15, 0.2) is 9.99 Å². The minimum atomic E-state index is -3.78. The van der Waals surface area contributed by atoms with Gasteiger partial charge in [0.25, 0.3) is 10.0 Å². The second-order valence-electron chi connectivity index (χ2n) is 5.04. The van der Waals surface area contributed by atoms with Gasteiger partial charge in [-0.2, -0.15) is 8.42 Å². The monoisotopic (exact) mass is 347 g/mol. The summed E-state index contributed by atoms with van der Waals surface area (Å²) in [5.74, 6) is 0. The summed E-state index contributed by atoms with van der Waals surface area (Å²) in [5, 5.41) is 1.87. The van der Waals surface area contributed by atoms with Crippen molar-refractivity contribution in [3.63, 3.8) is 0 Å². The first-order valence-electron chi connectivity index (χ1n) is 6.94. The summed E-state index contributed by atoms with van der Waals surface area (Å²) in [6.45, 7) is 0.427. The maximum Gasteiger partial charge on any atom is 0.287 e. The van der Waals surface area contributed by atoms with Crippen LogP contribution in [0.4, 0.5) is 0 Å². The van der Waals surface area contributed by atoms with Crippen LogP contribution in [0.2, 0.25) is 0 Å². The lowest BCUT2D eigenvalue weighted by atomic mass is 10.2. The van der Waals surface area contributed by atoms with E-state index in [1.54, 1.807) is 35.1 Å². The quantitative estimate of drug-likeness (QED) is 0.603. The van der Waals surface area contributed by atoms with Gasteiger partial charge in [0.05, 0.1) is 17.2 Å². The minimum absolute atomic E-state index is 0.0180. The van der Waals surface area contributed by atoms with E-state index in [-0.39, 0.29) is 5.03 Å². The molecule has 7 nitrogen and oxygen atoms in total. The summed E-state index contributed by atoms with van der Waals surface area (Å²) in [5.41, 5.74) is 7.62. The Bertz CT molecular complexity index is 1080. The van der Waals surface area contributed by atoms with E-state index in [2.05, 4.69) is 9.97 Å². The molecule has 0 saturated heterocycles. The van der Waals surface area contributed by atoms with Crippen LogP contribution in [0.3, 0.4) is 0 Å². The molecule has 0 aliphatic rings. The second-order valence-corrected chi connectivity index (χ2v) is 7.67. The van der Waals surface area contributed by atoms with Crippen LogP contribution in [-0.4, -0.2) is 33.3 Å². The topological polar surface area (TPSA) is 95.3 Å². The highest BCUT2D eigenvalue weighted by Crippen LogP contribution is 2.25. The van der Waals surface area contributed by atoms with Crippen molar-refractivity contribution in [3.05, 3.63) is 47.9 Å². The molecule has 4 rings (SSSR count). The fourth-order valence-electron chi connectivity index (χ4n) is 2.56. The highest BCUT2D eigenvalue weighted by Gasteiger charge is 2.24. The summed E-state index contributed by atoms with van der Waals surface area (Å²) < 4.78 is 28.9. The molecule has 0 unspecified atom stereocenters. The zero-order valence-electron chi connectivity index (χ0n) is 12.0. The molecule has 4 heterocycles. The standard InChI is InChI=1S/C14H13N5O2S2/c15-4-3-10-8-19(11-2-1-5-16-13(10)11)23(20,21)12-9-18-6-7-22-14(18)17-12/h1-2,5-9H,3-4,15H2. The molecule has 4 aromatic rings. The predicted octanol–water partition coefficient (Wildman–Crippen LogP) is 1.48. The van der Waals surface area contributed by atoms with E-state index in [9.17, 15) is 8.42 Å². The first kappa shape index (κ1) is 14.4. The van der Waals surface area contributed by atoms with Crippen LogP contribution in [0, 0.1) is 0 Å². The van der Waals surface area contributed by atoms with Gasteiger partial charge in [0.1, 0.15) is 0 Å². The van der Waals surface area contributed by atoms with Crippen LogP contribution >= 0.6 is 11.3 Å². The van der Waals surface area contributed by atoms with Gasteiger partial charge in [0.2, 0.25) is 0 Å². The number of nitrogens with zero attached hydrogens (tertiary/aromatic N) is 4. The number of hydrogen-bond donors (Lipinski definition) is 1. The molecule has 0 atom stereocenters. The van der Waals surface area contributed by atoms with E-state index in [1.807, 2.05) is 5.38 Å². The molecule has 4 aromatic heterocycles. The van der Waals surface area contributed by atoms with Gasteiger partial charge < -0.3 is 5.73 Å². The van der Waals surface area contributed by atoms with Gasteiger partial charge in [-0.1, -0.05) is 0 Å². The molecule has 0 fully saturated rings. The lowest BCUT2D eigenvalue weighted by Gasteiger charge is -2.03. The van der Waals surface area contributed by atoms with Crippen LogP contribution in [0.5, 0.6) is 0 Å². The van der Waals surface area contributed by atoms with Crippen molar-refractivity contribution in [1.29, 1.82) is 0 Å². The molecule has 2 N–H and O–H groups in total. The number of hydrogen-bond acceptors (Lipinski definition) is 6. The first-order valence-corrected chi connectivity index (χ1v) is 9.26. The average molecular weight is 347 g/mol. The third-order valence-electron chi connectivity index (χ3n) is 3.61. The van der Waals surface area contributed by atoms with Crippen molar-refractivity contribution < 1.29 is 8.42 Å². The molecule has 9 heteroatoms. The van der Waals surface area contributed by atoms with Gasteiger partial charge in [-0.25, -0.2) is 8.96 Å². The van der Waals surface area contributed by atoms with Crippen molar-refractivity contribution in [1.82, 2.24) is 18.3 Å². The Hall–Kier alpha value is -2.23. The van der Waals surface area contributed by atoms with Gasteiger partial charge in [0, 0.05) is 24.0 Å². The second kappa shape index (κ2) is 5.15. The molecular formula is C14H13N5O2S2. The van der Waals surface area contributed by atoms with E-state index >= 15 is 0 Å². The van der Waals surface area contributed by atoms with Crippen molar-refractivity contribution >= 4 is 37.4 Å². The number of fused-ring (bicyclic) bond motifs is 2. The number of thiazole rings is 1. The largest absolute Gasteiger partial charge is 0.330 e. The van der Waals surface area contributed by atoms with Crippen LogP contribution in [0.25, 0.3) is 16.0 Å². The van der Waals surface area contributed by atoms with E-state index in [1.165, 1.54) is 21.5 Å². The Morgan fingerprint density at radius 3 is 2.96 bits per heavy atom. The zero-order valence-corrected chi connectivity index (χ0v) is 13.6. The molecule has 23 heavy (non-hydrogen) atoms. The Morgan fingerprint density at radius 1 is 1.30 bits per heavy atom. The van der Waals surface area contributed by atoms with Gasteiger partial charge in [-0.05, 0) is 30.7 Å². The normalized spacial score (nSPS) is 12.4. The van der Waals surface area contributed by atoms with Gasteiger partial charge >= 0.3 is 0 Å². The van der Waals surface area contributed by atoms with Crippen LogP contribution in [0.15, 0.2) is 47.3 Å². The summed E-state index contributed by atoms with van der Waals surface area (Å²) >= 11 is 1.39. The molecule has 0 bridgehead atoms. The molecule has 118 valence electrons. The molecule has 0 aliphatic carbocycles. The van der Waals surface area contributed by atoms with E-state index in [4.69, 9.17) is 5.73 Å². The SMILES string of the molecule is NCCc1cn(S(=O)(=O)c2cn3ccsc3n2)c2cccnc12.